The zero-order valence-corrected chi connectivity index (χ0v) is 10.6. The summed E-state index contributed by atoms with van der Waals surface area (Å²) < 4.78 is 1.49. The first kappa shape index (κ1) is 10.4. The van der Waals surface area contributed by atoms with E-state index in [-0.39, 0.29) is 0 Å². The molecule has 0 atom stereocenters. The van der Waals surface area contributed by atoms with Crippen LogP contribution < -0.4 is 0 Å². The SMILES string of the molecule is BCc1ccc2c(C3CCCC3)csc2c1. The fraction of sp³-hybridized carbons (Fsp3) is 0.429. The molecule has 16 heavy (non-hydrogen) atoms. The molecule has 1 heterocycles. The summed E-state index contributed by atoms with van der Waals surface area (Å²) in [4.78, 5) is 0. The average Bonchev–Trinajstić information content (AvgIpc) is 2.96. The smallest absolute Gasteiger partial charge is 0.107 e. The Morgan fingerprint density at radius 1 is 1.25 bits per heavy atom. The summed E-state index contributed by atoms with van der Waals surface area (Å²) in [5.74, 6) is 0.848. The van der Waals surface area contributed by atoms with Crippen LogP contribution in [0.2, 0.25) is 0 Å². The summed E-state index contributed by atoms with van der Waals surface area (Å²) in [6.07, 6.45) is 6.80. The Hall–Kier alpha value is -0.755. The zero-order valence-electron chi connectivity index (χ0n) is 9.83. The van der Waals surface area contributed by atoms with Gasteiger partial charge in [-0.2, -0.15) is 0 Å². The third kappa shape index (κ3) is 1.69. The summed E-state index contributed by atoms with van der Waals surface area (Å²) in [7, 11) is 2.23. The molecular formula is C14H17BS. The predicted molar refractivity (Wildman–Crippen MR) is 75.3 cm³/mol. The molecule has 1 aromatic carbocycles. The second kappa shape index (κ2) is 4.25. The van der Waals surface area contributed by atoms with Gasteiger partial charge >= 0.3 is 0 Å². The summed E-state index contributed by atoms with van der Waals surface area (Å²) in [6.45, 7) is 0. The minimum absolute atomic E-state index is 0.848. The van der Waals surface area contributed by atoms with E-state index in [4.69, 9.17) is 0 Å². The highest BCUT2D eigenvalue weighted by atomic mass is 32.1. The van der Waals surface area contributed by atoms with Gasteiger partial charge in [-0.05, 0) is 41.2 Å². The van der Waals surface area contributed by atoms with Crippen LogP contribution in [0.4, 0.5) is 0 Å². The van der Waals surface area contributed by atoms with Gasteiger partial charge in [0.2, 0.25) is 0 Å². The van der Waals surface area contributed by atoms with Crippen molar-refractivity contribution in [2.75, 3.05) is 0 Å². The Morgan fingerprint density at radius 3 is 2.81 bits per heavy atom. The first-order valence-electron chi connectivity index (χ1n) is 6.38. The van der Waals surface area contributed by atoms with Crippen molar-refractivity contribution in [1.82, 2.24) is 0 Å². The molecule has 0 nitrogen and oxygen atoms in total. The van der Waals surface area contributed by atoms with E-state index in [0.717, 1.165) is 12.2 Å². The second-order valence-electron chi connectivity index (χ2n) is 4.86. The van der Waals surface area contributed by atoms with Gasteiger partial charge in [-0.1, -0.05) is 36.9 Å². The highest BCUT2D eigenvalue weighted by Crippen LogP contribution is 2.40. The number of rotatable bonds is 2. The number of thiophene rings is 1. The molecule has 1 saturated carbocycles. The Morgan fingerprint density at radius 2 is 2.06 bits per heavy atom. The Bertz CT molecular complexity index is 494. The van der Waals surface area contributed by atoms with Crippen molar-refractivity contribution in [2.45, 2.75) is 37.9 Å². The van der Waals surface area contributed by atoms with Crippen LogP contribution in [0.5, 0.6) is 0 Å². The first-order valence-corrected chi connectivity index (χ1v) is 7.26. The largest absolute Gasteiger partial charge is 0.144 e. The maximum Gasteiger partial charge on any atom is 0.107 e. The van der Waals surface area contributed by atoms with Crippen molar-refractivity contribution >= 4 is 29.3 Å². The zero-order chi connectivity index (χ0) is 11.0. The van der Waals surface area contributed by atoms with E-state index in [0.29, 0.717) is 0 Å². The van der Waals surface area contributed by atoms with Crippen molar-refractivity contribution in [3.63, 3.8) is 0 Å². The molecule has 0 aliphatic heterocycles. The van der Waals surface area contributed by atoms with Crippen molar-refractivity contribution < 1.29 is 0 Å². The lowest BCUT2D eigenvalue weighted by Gasteiger charge is -2.07. The van der Waals surface area contributed by atoms with Crippen LogP contribution >= 0.6 is 11.3 Å². The summed E-state index contributed by atoms with van der Waals surface area (Å²) in [5.41, 5.74) is 3.09. The third-order valence-corrected chi connectivity index (χ3v) is 4.84. The average molecular weight is 228 g/mol. The standard InChI is InChI=1S/C14H17BS/c15-8-10-5-6-12-13(9-16-14(12)7-10)11-3-1-2-4-11/h5-7,9,11H,1-4,8,15H2. The molecule has 1 aliphatic carbocycles. The minimum atomic E-state index is 0.848. The molecule has 0 N–H and O–H groups in total. The molecule has 0 bridgehead atoms. The lowest BCUT2D eigenvalue weighted by Crippen LogP contribution is -1.90. The van der Waals surface area contributed by atoms with Crippen LogP contribution in [0.25, 0.3) is 10.1 Å². The molecule has 0 radical (unpaired) electrons. The maximum atomic E-state index is 2.40. The van der Waals surface area contributed by atoms with Gasteiger partial charge in [0.15, 0.2) is 0 Å². The molecule has 1 fully saturated rings. The molecule has 3 rings (SSSR count). The molecule has 2 aromatic rings. The fourth-order valence-electron chi connectivity index (χ4n) is 2.87. The molecule has 1 aromatic heterocycles. The fourth-order valence-corrected chi connectivity index (χ4v) is 3.97. The molecule has 0 saturated heterocycles. The monoisotopic (exact) mass is 228 g/mol. The quantitative estimate of drug-likeness (QED) is 0.687. The molecule has 2 heteroatoms. The van der Waals surface area contributed by atoms with Gasteiger partial charge in [0, 0.05) is 4.70 Å². The van der Waals surface area contributed by atoms with E-state index in [1.807, 2.05) is 11.3 Å². The molecule has 0 spiro atoms. The van der Waals surface area contributed by atoms with Crippen LogP contribution in [0.1, 0.15) is 42.7 Å². The third-order valence-electron chi connectivity index (χ3n) is 3.87. The van der Waals surface area contributed by atoms with Crippen LogP contribution in [-0.2, 0) is 6.32 Å². The number of fused-ring (bicyclic) bond motifs is 1. The van der Waals surface area contributed by atoms with E-state index >= 15 is 0 Å². The molecule has 82 valence electrons. The van der Waals surface area contributed by atoms with Crippen molar-refractivity contribution in [3.8, 4) is 0 Å². The number of benzene rings is 1. The Kier molecular flexibility index (Phi) is 2.76. The van der Waals surface area contributed by atoms with Gasteiger partial charge in [-0.15, -0.1) is 11.3 Å². The molecular weight excluding hydrogens is 211 g/mol. The topological polar surface area (TPSA) is 0 Å². The first-order chi connectivity index (χ1) is 7.88. The van der Waals surface area contributed by atoms with E-state index in [9.17, 15) is 0 Å². The molecule has 1 aliphatic rings. The summed E-state index contributed by atoms with van der Waals surface area (Å²) in [5, 5.41) is 3.93. The molecule has 0 amide bonds. The van der Waals surface area contributed by atoms with Crippen LogP contribution in [0.15, 0.2) is 23.6 Å². The van der Waals surface area contributed by atoms with Gasteiger partial charge < -0.3 is 0 Å². The Labute approximate surface area is 102 Å². The maximum absolute atomic E-state index is 2.40. The van der Waals surface area contributed by atoms with Gasteiger partial charge in [-0.3, -0.25) is 0 Å². The van der Waals surface area contributed by atoms with Gasteiger partial charge in [-0.25, -0.2) is 0 Å². The van der Waals surface area contributed by atoms with Gasteiger partial charge in [0.1, 0.15) is 7.85 Å². The second-order valence-corrected chi connectivity index (χ2v) is 5.77. The van der Waals surface area contributed by atoms with Crippen molar-refractivity contribution in [1.29, 1.82) is 0 Å². The van der Waals surface area contributed by atoms with Crippen LogP contribution in [0, 0.1) is 0 Å². The lowest BCUT2D eigenvalue weighted by molar-refractivity contribution is 0.732. The summed E-state index contributed by atoms with van der Waals surface area (Å²) in [6, 6.07) is 7.02. The van der Waals surface area contributed by atoms with Gasteiger partial charge in [0.05, 0.1) is 0 Å². The van der Waals surface area contributed by atoms with Crippen LogP contribution in [-0.4, -0.2) is 7.85 Å². The van der Waals surface area contributed by atoms with Crippen molar-refractivity contribution in [3.05, 3.63) is 34.7 Å². The number of hydrogen-bond donors (Lipinski definition) is 0. The van der Waals surface area contributed by atoms with Crippen molar-refractivity contribution in [2.24, 2.45) is 0 Å². The number of hydrogen-bond acceptors (Lipinski definition) is 1. The predicted octanol–water partition coefficient (Wildman–Crippen LogP) is 3.69. The summed E-state index contributed by atoms with van der Waals surface area (Å²) >= 11 is 1.93. The van der Waals surface area contributed by atoms with E-state index in [1.165, 1.54) is 41.3 Å². The van der Waals surface area contributed by atoms with Gasteiger partial charge in [0.25, 0.3) is 0 Å². The highest BCUT2D eigenvalue weighted by Gasteiger charge is 2.19. The highest BCUT2D eigenvalue weighted by molar-refractivity contribution is 7.17. The van der Waals surface area contributed by atoms with E-state index in [1.54, 1.807) is 5.56 Å². The van der Waals surface area contributed by atoms with E-state index in [2.05, 4.69) is 31.4 Å². The lowest BCUT2D eigenvalue weighted by atomic mass is 9.93. The Balaban J connectivity index is 2.06. The minimum Gasteiger partial charge on any atom is -0.144 e. The van der Waals surface area contributed by atoms with Crippen LogP contribution in [0.3, 0.4) is 0 Å². The molecule has 0 unspecified atom stereocenters. The van der Waals surface area contributed by atoms with E-state index < -0.39 is 0 Å². The normalized spacial score (nSPS) is 17.2.